The van der Waals surface area contributed by atoms with Crippen molar-refractivity contribution in [1.29, 1.82) is 0 Å². The fraction of sp³-hybridized carbons (Fsp3) is 0.615. The summed E-state index contributed by atoms with van der Waals surface area (Å²) >= 11 is 1.62. The molecule has 1 saturated heterocycles. The summed E-state index contributed by atoms with van der Waals surface area (Å²) in [7, 11) is 0. The lowest BCUT2D eigenvalue weighted by atomic mass is 10.0. The van der Waals surface area contributed by atoms with Gasteiger partial charge in [-0.15, -0.1) is 11.3 Å². The van der Waals surface area contributed by atoms with Gasteiger partial charge >= 0.3 is 5.97 Å². The largest absolute Gasteiger partial charge is 0.481 e. The molecular formula is C13H19N3O3S. The van der Waals surface area contributed by atoms with E-state index in [1.54, 1.807) is 11.3 Å². The predicted octanol–water partition coefficient (Wildman–Crippen LogP) is 1.10. The molecule has 2 unspecified atom stereocenters. The Kier molecular flexibility index (Phi) is 4.39. The second-order valence-electron chi connectivity index (χ2n) is 4.99. The number of hydrogen-bond donors (Lipinski definition) is 2. The molecule has 2 rings (SSSR count). The topological polar surface area (TPSA) is 82.5 Å². The Balaban J connectivity index is 2.25. The van der Waals surface area contributed by atoms with Crippen LogP contribution in [-0.2, 0) is 9.59 Å². The third kappa shape index (κ3) is 2.99. The lowest BCUT2D eigenvalue weighted by Crippen LogP contribution is -2.56. The van der Waals surface area contributed by atoms with Crippen LogP contribution in [0, 0.1) is 13.8 Å². The summed E-state index contributed by atoms with van der Waals surface area (Å²) in [6, 6.07) is -0.687. The van der Waals surface area contributed by atoms with Crippen molar-refractivity contribution in [2.75, 3.05) is 13.1 Å². The summed E-state index contributed by atoms with van der Waals surface area (Å²) in [5.74, 6) is -1.18. The molecule has 1 fully saturated rings. The molecule has 2 N–H and O–H groups in total. The molecule has 0 bridgehead atoms. The third-order valence-corrected chi connectivity index (χ3v) is 4.47. The van der Waals surface area contributed by atoms with Crippen molar-refractivity contribution < 1.29 is 14.7 Å². The van der Waals surface area contributed by atoms with E-state index >= 15 is 0 Å². The van der Waals surface area contributed by atoms with Crippen LogP contribution in [0.15, 0.2) is 0 Å². The van der Waals surface area contributed by atoms with Gasteiger partial charge < -0.3 is 10.4 Å². The molecule has 6 nitrogen and oxygen atoms in total. The molecule has 7 heteroatoms. The van der Waals surface area contributed by atoms with Gasteiger partial charge in [0.15, 0.2) is 0 Å². The number of piperazine rings is 1. The highest BCUT2D eigenvalue weighted by Crippen LogP contribution is 2.29. The number of amides is 1. The second kappa shape index (κ2) is 5.88. The maximum absolute atomic E-state index is 11.9. The number of nitrogens with zero attached hydrogens (tertiary/aromatic N) is 2. The van der Waals surface area contributed by atoms with Crippen LogP contribution >= 0.6 is 11.3 Å². The van der Waals surface area contributed by atoms with E-state index in [9.17, 15) is 9.59 Å². The first-order valence-corrected chi connectivity index (χ1v) is 7.41. The molecule has 20 heavy (non-hydrogen) atoms. The number of carboxylic acids is 1. The zero-order chi connectivity index (χ0) is 14.9. The molecule has 1 aliphatic heterocycles. The predicted molar refractivity (Wildman–Crippen MR) is 75.8 cm³/mol. The smallest absolute Gasteiger partial charge is 0.305 e. The van der Waals surface area contributed by atoms with E-state index in [4.69, 9.17) is 5.11 Å². The molecule has 0 spiro atoms. The molecule has 0 radical (unpaired) electrons. The number of aromatic nitrogens is 1. The van der Waals surface area contributed by atoms with E-state index < -0.39 is 12.0 Å². The van der Waals surface area contributed by atoms with E-state index in [0.717, 1.165) is 15.6 Å². The standard InChI is InChI=1S/C13H19N3O3S/c1-7(12-8(2)20-9(3)15-12)16-5-4-14-13(19)10(16)6-11(17)18/h7,10H,4-6H2,1-3H3,(H,14,19)(H,17,18). The number of carbonyl (C=O) groups is 2. The minimum atomic E-state index is -0.963. The normalized spacial score (nSPS) is 21.6. The minimum absolute atomic E-state index is 0.0599. The third-order valence-electron chi connectivity index (χ3n) is 3.57. The number of carbonyl (C=O) groups excluding carboxylic acids is 1. The Morgan fingerprint density at radius 3 is 2.85 bits per heavy atom. The van der Waals surface area contributed by atoms with Crippen LogP contribution in [0.5, 0.6) is 0 Å². The molecule has 1 aliphatic rings. The highest BCUT2D eigenvalue weighted by molar-refractivity contribution is 7.11. The van der Waals surface area contributed by atoms with Gasteiger partial charge in [-0.3, -0.25) is 14.5 Å². The van der Waals surface area contributed by atoms with Crippen LogP contribution < -0.4 is 5.32 Å². The van der Waals surface area contributed by atoms with Crippen molar-refractivity contribution in [2.24, 2.45) is 0 Å². The Labute approximate surface area is 121 Å². The maximum atomic E-state index is 11.9. The molecule has 2 heterocycles. The monoisotopic (exact) mass is 297 g/mol. The highest BCUT2D eigenvalue weighted by atomic mass is 32.1. The van der Waals surface area contributed by atoms with Crippen molar-refractivity contribution in [1.82, 2.24) is 15.2 Å². The van der Waals surface area contributed by atoms with Gasteiger partial charge in [-0.1, -0.05) is 0 Å². The molecule has 0 aliphatic carbocycles. The van der Waals surface area contributed by atoms with Gasteiger partial charge in [0.2, 0.25) is 5.91 Å². The Bertz CT molecular complexity index is 529. The van der Waals surface area contributed by atoms with Crippen molar-refractivity contribution in [3.05, 3.63) is 15.6 Å². The van der Waals surface area contributed by atoms with Gasteiger partial charge in [-0.2, -0.15) is 0 Å². The highest BCUT2D eigenvalue weighted by Gasteiger charge is 2.35. The van der Waals surface area contributed by atoms with Crippen LogP contribution in [0.1, 0.15) is 35.0 Å². The summed E-state index contributed by atoms with van der Waals surface area (Å²) in [6.45, 7) is 7.12. The van der Waals surface area contributed by atoms with Gasteiger partial charge in [-0.25, -0.2) is 4.98 Å². The summed E-state index contributed by atoms with van der Waals surface area (Å²) in [5.41, 5.74) is 0.942. The van der Waals surface area contributed by atoms with Crippen molar-refractivity contribution >= 4 is 23.2 Å². The van der Waals surface area contributed by atoms with E-state index in [-0.39, 0.29) is 18.4 Å². The van der Waals surface area contributed by atoms with Crippen LogP contribution in [0.2, 0.25) is 0 Å². The summed E-state index contributed by atoms with van der Waals surface area (Å²) in [5, 5.41) is 12.7. The first-order valence-electron chi connectivity index (χ1n) is 6.59. The van der Waals surface area contributed by atoms with Crippen molar-refractivity contribution in [3.8, 4) is 0 Å². The van der Waals surface area contributed by atoms with Crippen LogP contribution in [-0.4, -0.2) is 46.0 Å². The van der Waals surface area contributed by atoms with Crippen LogP contribution in [0.4, 0.5) is 0 Å². The van der Waals surface area contributed by atoms with Crippen molar-refractivity contribution in [2.45, 2.75) is 39.3 Å². The molecular weight excluding hydrogens is 278 g/mol. The van der Waals surface area contributed by atoms with Crippen molar-refractivity contribution in [3.63, 3.8) is 0 Å². The number of thiazole rings is 1. The molecule has 1 aromatic rings. The first kappa shape index (κ1) is 14.9. The van der Waals surface area contributed by atoms with Crippen LogP contribution in [0.3, 0.4) is 0 Å². The van der Waals surface area contributed by atoms with Gasteiger partial charge in [0.05, 0.1) is 23.2 Å². The van der Waals surface area contributed by atoms with Gasteiger partial charge in [0, 0.05) is 18.0 Å². The lowest BCUT2D eigenvalue weighted by Gasteiger charge is -2.38. The maximum Gasteiger partial charge on any atom is 0.305 e. The van der Waals surface area contributed by atoms with Crippen LogP contribution in [0.25, 0.3) is 0 Å². The van der Waals surface area contributed by atoms with Gasteiger partial charge in [0.1, 0.15) is 6.04 Å². The van der Waals surface area contributed by atoms with E-state index in [1.807, 2.05) is 25.7 Å². The fourth-order valence-electron chi connectivity index (χ4n) is 2.66. The first-order chi connectivity index (χ1) is 9.40. The zero-order valence-corrected chi connectivity index (χ0v) is 12.7. The zero-order valence-electron chi connectivity index (χ0n) is 11.8. The summed E-state index contributed by atoms with van der Waals surface area (Å²) in [6.07, 6.45) is -0.182. The van der Waals surface area contributed by atoms with E-state index in [1.165, 1.54) is 0 Å². The Morgan fingerprint density at radius 2 is 2.30 bits per heavy atom. The summed E-state index contributed by atoms with van der Waals surface area (Å²) < 4.78 is 0. The average Bonchev–Trinajstić information content (AvgIpc) is 2.70. The van der Waals surface area contributed by atoms with Gasteiger partial charge in [0.25, 0.3) is 0 Å². The molecule has 110 valence electrons. The van der Waals surface area contributed by atoms with E-state index in [0.29, 0.717) is 13.1 Å². The fourth-order valence-corrected chi connectivity index (χ4v) is 3.57. The molecule has 2 atom stereocenters. The lowest BCUT2D eigenvalue weighted by molar-refractivity contribution is -0.143. The molecule has 0 aromatic carbocycles. The minimum Gasteiger partial charge on any atom is -0.481 e. The van der Waals surface area contributed by atoms with Gasteiger partial charge in [-0.05, 0) is 20.8 Å². The quantitative estimate of drug-likeness (QED) is 0.869. The van der Waals surface area contributed by atoms with E-state index in [2.05, 4.69) is 10.3 Å². The molecule has 1 aromatic heterocycles. The number of nitrogens with one attached hydrogen (secondary N) is 1. The second-order valence-corrected chi connectivity index (χ2v) is 6.40. The molecule has 1 amide bonds. The average molecular weight is 297 g/mol. The number of carboxylic acid groups (broad SMARTS) is 1. The number of aliphatic carboxylic acids is 1. The molecule has 0 saturated carbocycles. The summed E-state index contributed by atoms with van der Waals surface area (Å²) in [4.78, 5) is 30.5. The number of aryl methyl sites for hydroxylation is 2. The number of hydrogen-bond acceptors (Lipinski definition) is 5. The Morgan fingerprint density at radius 1 is 1.60 bits per heavy atom. The number of rotatable bonds is 4. The Hall–Kier alpha value is -1.47. The SMILES string of the molecule is Cc1nc(C(C)N2CCNC(=O)C2CC(=O)O)c(C)s1.